The van der Waals surface area contributed by atoms with Crippen LogP contribution in [0.15, 0.2) is 191 Å². The van der Waals surface area contributed by atoms with E-state index >= 15 is 0 Å². The molecule has 5 nitrogen and oxygen atoms in total. The summed E-state index contributed by atoms with van der Waals surface area (Å²) >= 11 is 0. The lowest BCUT2D eigenvalue weighted by atomic mass is 10.0. The number of rotatable bonds is 4. The van der Waals surface area contributed by atoms with Gasteiger partial charge in [-0.15, -0.1) is 0 Å². The monoisotopic (exact) mass is 704 g/mol. The number of hydrogen-bond donors (Lipinski definition) is 1. The minimum atomic E-state index is -0.285. The summed E-state index contributed by atoms with van der Waals surface area (Å²) in [4.78, 5) is 5.24. The van der Waals surface area contributed by atoms with Gasteiger partial charge in [-0.05, 0) is 66.2 Å². The van der Waals surface area contributed by atoms with Crippen molar-refractivity contribution < 1.29 is 4.42 Å². The summed E-state index contributed by atoms with van der Waals surface area (Å²) in [5, 5.41) is 12.9. The van der Waals surface area contributed by atoms with Gasteiger partial charge in [0.1, 0.15) is 17.3 Å². The average molecular weight is 705 g/mol. The largest absolute Gasteiger partial charge is 0.456 e. The van der Waals surface area contributed by atoms with Crippen molar-refractivity contribution in [3.63, 3.8) is 0 Å². The Morgan fingerprint density at radius 2 is 1.09 bits per heavy atom. The maximum absolute atomic E-state index is 6.72. The fraction of sp³-hybridized carbons (Fsp3) is 0.0200. The molecule has 4 heterocycles. The van der Waals surface area contributed by atoms with Crippen molar-refractivity contribution >= 4 is 71.2 Å². The van der Waals surface area contributed by atoms with E-state index in [1.165, 1.54) is 32.6 Å². The number of para-hydroxylation sites is 4. The zero-order chi connectivity index (χ0) is 36.0. The highest BCUT2D eigenvalue weighted by Gasteiger charge is 2.23. The van der Waals surface area contributed by atoms with E-state index in [0.717, 1.165) is 71.7 Å². The Labute approximate surface area is 315 Å². The molecule has 258 valence electrons. The molecule has 1 aliphatic heterocycles. The molecule has 1 atom stereocenters. The maximum atomic E-state index is 6.72. The normalized spacial score (nSPS) is 14.3. The van der Waals surface area contributed by atoms with Gasteiger partial charge in [0.25, 0.3) is 0 Å². The van der Waals surface area contributed by atoms with Crippen LogP contribution in [0.5, 0.6) is 0 Å². The van der Waals surface area contributed by atoms with Crippen molar-refractivity contribution in [2.24, 2.45) is 4.99 Å². The van der Waals surface area contributed by atoms with Crippen molar-refractivity contribution in [3.05, 3.63) is 204 Å². The Morgan fingerprint density at radius 3 is 1.84 bits per heavy atom. The summed E-state index contributed by atoms with van der Waals surface area (Å²) < 4.78 is 11.5. The highest BCUT2D eigenvalue weighted by molar-refractivity contribution is 6.19. The van der Waals surface area contributed by atoms with Crippen LogP contribution in [0.4, 0.5) is 0 Å². The lowest BCUT2D eigenvalue weighted by Crippen LogP contribution is -2.39. The molecule has 1 unspecified atom stereocenters. The minimum absolute atomic E-state index is 0.285. The van der Waals surface area contributed by atoms with E-state index in [2.05, 4.69) is 196 Å². The first-order valence-electron chi connectivity index (χ1n) is 18.7. The molecule has 0 saturated carbocycles. The second kappa shape index (κ2) is 11.6. The molecular formula is C50H32N4O. The van der Waals surface area contributed by atoms with E-state index in [1.54, 1.807) is 0 Å². The van der Waals surface area contributed by atoms with Crippen LogP contribution < -0.4 is 15.9 Å². The molecule has 8 aromatic carbocycles. The third-order valence-corrected chi connectivity index (χ3v) is 11.3. The summed E-state index contributed by atoms with van der Waals surface area (Å²) in [5.41, 5.74) is 11.9. The topological polar surface area (TPSA) is 47.4 Å². The van der Waals surface area contributed by atoms with Gasteiger partial charge in [-0.3, -0.25) is 4.99 Å². The predicted molar refractivity (Wildman–Crippen MR) is 224 cm³/mol. The number of hydrogen-bond acceptors (Lipinski definition) is 3. The molecule has 1 aliphatic rings. The van der Waals surface area contributed by atoms with E-state index in [4.69, 9.17) is 9.41 Å². The molecule has 1 N–H and O–H groups in total. The smallest absolute Gasteiger partial charge is 0.146 e. The zero-order valence-electron chi connectivity index (χ0n) is 29.6. The number of fused-ring (bicyclic) bond motifs is 10. The fourth-order valence-electron chi connectivity index (χ4n) is 8.95. The molecule has 12 rings (SSSR count). The Morgan fingerprint density at radius 1 is 0.455 bits per heavy atom. The Bertz CT molecular complexity index is 3460. The predicted octanol–water partition coefficient (Wildman–Crippen LogP) is 10.9. The standard InChI is InChI=1S/C50H32N4O/c1-3-14-31(15-4-1)49-36-20-7-10-22-41(36)51-50(52-49)38-21-13-25-46-48(38)37-27-26-33(28-47(37)55-46)54-43-24-12-9-19-35(43)40-29-44-39(30-45(40)54)34-18-8-11-23-42(34)53(44)32-16-5-2-6-17-32/h1-30,50,52H. The molecule has 3 aromatic heterocycles. The second-order valence-corrected chi connectivity index (χ2v) is 14.4. The molecule has 0 saturated heterocycles. The third kappa shape index (κ3) is 4.44. The third-order valence-electron chi connectivity index (χ3n) is 11.3. The molecule has 0 aliphatic carbocycles. The second-order valence-electron chi connectivity index (χ2n) is 14.4. The molecule has 11 aromatic rings. The number of furan rings is 1. The van der Waals surface area contributed by atoms with Crippen LogP contribution in [0.25, 0.3) is 82.6 Å². The molecule has 5 heteroatoms. The minimum Gasteiger partial charge on any atom is -0.456 e. The van der Waals surface area contributed by atoms with E-state index in [1.807, 2.05) is 0 Å². The average Bonchev–Trinajstić information content (AvgIpc) is 3.90. The Kier molecular flexibility index (Phi) is 6.33. The Balaban J connectivity index is 1.06. The first-order valence-corrected chi connectivity index (χ1v) is 18.7. The van der Waals surface area contributed by atoms with Crippen molar-refractivity contribution in [2.45, 2.75) is 6.17 Å². The van der Waals surface area contributed by atoms with Crippen LogP contribution in [0, 0.1) is 0 Å². The van der Waals surface area contributed by atoms with Gasteiger partial charge in [0.05, 0.1) is 33.1 Å². The van der Waals surface area contributed by atoms with Gasteiger partial charge < -0.3 is 18.9 Å². The first-order chi connectivity index (χ1) is 27.3. The molecule has 0 radical (unpaired) electrons. The number of aromatic nitrogens is 2. The van der Waals surface area contributed by atoms with Crippen LogP contribution in [-0.4, -0.2) is 9.13 Å². The fourth-order valence-corrected chi connectivity index (χ4v) is 8.95. The van der Waals surface area contributed by atoms with Crippen LogP contribution in [0.3, 0.4) is 0 Å². The number of benzene rings is 8. The highest BCUT2D eigenvalue weighted by atomic mass is 16.3. The van der Waals surface area contributed by atoms with E-state index in [0.29, 0.717) is 0 Å². The lowest BCUT2D eigenvalue weighted by Gasteiger charge is -2.23. The van der Waals surface area contributed by atoms with Crippen molar-refractivity contribution in [3.8, 4) is 11.4 Å². The summed E-state index contributed by atoms with van der Waals surface area (Å²) in [6.07, 6.45) is -0.285. The van der Waals surface area contributed by atoms with E-state index in [-0.39, 0.29) is 6.17 Å². The van der Waals surface area contributed by atoms with Crippen LogP contribution >= 0.6 is 0 Å². The van der Waals surface area contributed by atoms with Crippen LogP contribution in [0.2, 0.25) is 0 Å². The van der Waals surface area contributed by atoms with E-state index < -0.39 is 0 Å². The van der Waals surface area contributed by atoms with E-state index in [9.17, 15) is 0 Å². The number of nitrogens with one attached hydrogen (secondary N) is 1. The molecular weight excluding hydrogens is 673 g/mol. The molecule has 0 bridgehead atoms. The molecule has 0 fully saturated rings. The summed E-state index contributed by atoms with van der Waals surface area (Å²) in [5.74, 6) is 0. The Hall–Kier alpha value is -7.37. The van der Waals surface area contributed by atoms with Gasteiger partial charge >= 0.3 is 0 Å². The quantitative estimate of drug-likeness (QED) is 0.198. The van der Waals surface area contributed by atoms with Gasteiger partial charge in [-0.25, -0.2) is 0 Å². The maximum Gasteiger partial charge on any atom is 0.146 e. The number of nitrogens with zero attached hydrogens (tertiary/aromatic N) is 3. The van der Waals surface area contributed by atoms with Gasteiger partial charge in [-0.2, -0.15) is 0 Å². The molecule has 55 heavy (non-hydrogen) atoms. The van der Waals surface area contributed by atoms with Crippen LogP contribution in [0.1, 0.15) is 17.3 Å². The summed E-state index contributed by atoms with van der Waals surface area (Å²) in [6.45, 7) is 0. The highest BCUT2D eigenvalue weighted by Crippen LogP contribution is 2.41. The summed E-state index contributed by atoms with van der Waals surface area (Å²) in [7, 11) is 0. The van der Waals surface area contributed by atoms with Crippen molar-refractivity contribution in [1.82, 2.24) is 14.5 Å². The summed E-state index contributed by atoms with van der Waals surface area (Å²) in [6, 6.07) is 64.7. The van der Waals surface area contributed by atoms with Gasteiger partial charge in [0, 0.05) is 60.5 Å². The lowest BCUT2D eigenvalue weighted by molar-refractivity contribution is 0.636. The first kappa shape index (κ1) is 30.1. The van der Waals surface area contributed by atoms with Crippen molar-refractivity contribution in [2.75, 3.05) is 0 Å². The van der Waals surface area contributed by atoms with Gasteiger partial charge in [0.2, 0.25) is 0 Å². The van der Waals surface area contributed by atoms with Gasteiger partial charge in [-0.1, -0.05) is 115 Å². The SMILES string of the molecule is c1ccc(C2=c3ccccc3=NC(c3cccc4oc5cc(-n6c7ccccc7c7cc8c(cc76)c6ccccc6n8-c6ccccc6)ccc5c34)N2)cc1. The molecule has 0 amide bonds. The van der Waals surface area contributed by atoms with Crippen molar-refractivity contribution in [1.29, 1.82) is 0 Å². The molecule has 0 spiro atoms. The van der Waals surface area contributed by atoms with Gasteiger partial charge in [0.15, 0.2) is 0 Å². The zero-order valence-corrected chi connectivity index (χ0v) is 29.6. The van der Waals surface area contributed by atoms with Crippen LogP contribution in [-0.2, 0) is 0 Å².